The van der Waals surface area contributed by atoms with E-state index in [0.717, 1.165) is 50.5 Å². The van der Waals surface area contributed by atoms with Crippen molar-refractivity contribution in [2.45, 2.75) is 26.2 Å². The number of amides is 1. The van der Waals surface area contributed by atoms with Crippen LogP contribution in [0.25, 0.3) is 0 Å². The standard InChI is InChI=1S/C24H28N4O3/c1-24(15-31-16-24)11-10-21(29)18-4-2-5-20(14-18)27-19-8-6-17(7-9-19)22(30)28-23-25-12-3-13-26-23/h2,4-9,14,27H,3,10-13,15-16H2,1H3,(H2,25,26,28,30). The summed E-state index contributed by atoms with van der Waals surface area (Å²) in [5, 5.41) is 9.16. The van der Waals surface area contributed by atoms with Crippen molar-refractivity contribution in [2.75, 3.05) is 31.6 Å². The first-order valence-electron chi connectivity index (χ1n) is 10.7. The number of Topliss-reactive ketones (excluding diaryl/α,β-unsaturated/α-hetero) is 1. The molecule has 1 saturated heterocycles. The number of hydrogen-bond acceptors (Lipinski definition) is 6. The first-order valence-corrected chi connectivity index (χ1v) is 10.7. The van der Waals surface area contributed by atoms with Crippen LogP contribution in [0.2, 0.25) is 0 Å². The number of ketones is 1. The van der Waals surface area contributed by atoms with Crippen LogP contribution in [0.4, 0.5) is 11.4 Å². The van der Waals surface area contributed by atoms with E-state index in [0.29, 0.717) is 23.5 Å². The second-order valence-corrected chi connectivity index (χ2v) is 8.47. The zero-order valence-electron chi connectivity index (χ0n) is 17.7. The Morgan fingerprint density at radius 2 is 1.90 bits per heavy atom. The van der Waals surface area contributed by atoms with Crippen molar-refractivity contribution >= 4 is 29.0 Å². The Hall–Kier alpha value is -3.19. The van der Waals surface area contributed by atoms with Crippen molar-refractivity contribution in [3.63, 3.8) is 0 Å². The Labute approximate surface area is 182 Å². The SMILES string of the molecule is CC1(CCC(=O)c2cccc(Nc3ccc(C(=O)NC4=NCCCN4)cc3)c2)COC1. The molecule has 0 aliphatic carbocycles. The number of aliphatic imine (C=N–C) groups is 1. The van der Waals surface area contributed by atoms with E-state index in [-0.39, 0.29) is 17.1 Å². The van der Waals surface area contributed by atoms with Gasteiger partial charge in [-0.1, -0.05) is 19.1 Å². The number of benzene rings is 2. The van der Waals surface area contributed by atoms with Gasteiger partial charge in [-0.15, -0.1) is 0 Å². The second-order valence-electron chi connectivity index (χ2n) is 8.47. The van der Waals surface area contributed by atoms with E-state index < -0.39 is 0 Å². The van der Waals surface area contributed by atoms with Crippen molar-refractivity contribution in [3.05, 3.63) is 59.7 Å². The maximum absolute atomic E-state index is 12.6. The lowest BCUT2D eigenvalue weighted by molar-refractivity contribution is -0.105. The van der Waals surface area contributed by atoms with Crippen LogP contribution in [0.15, 0.2) is 53.5 Å². The molecule has 2 aliphatic heterocycles. The highest BCUT2D eigenvalue weighted by Crippen LogP contribution is 2.32. The van der Waals surface area contributed by atoms with Gasteiger partial charge < -0.3 is 15.4 Å². The molecular formula is C24H28N4O3. The van der Waals surface area contributed by atoms with Gasteiger partial charge in [-0.3, -0.25) is 19.9 Å². The van der Waals surface area contributed by atoms with Crippen LogP contribution in [-0.2, 0) is 4.74 Å². The third-order valence-corrected chi connectivity index (χ3v) is 5.61. The van der Waals surface area contributed by atoms with Crippen LogP contribution in [-0.4, -0.2) is 44.0 Å². The average Bonchev–Trinajstić information content (AvgIpc) is 2.77. The summed E-state index contributed by atoms with van der Waals surface area (Å²) >= 11 is 0. The fraction of sp³-hybridized carbons (Fsp3) is 0.375. The molecule has 0 atom stereocenters. The number of nitrogens with one attached hydrogen (secondary N) is 3. The van der Waals surface area contributed by atoms with Gasteiger partial charge in [0.15, 0.2) is 11.7 Å². The second kappa shape index (κ2) is 9.31. The molecule has 0 aromatic heterocycles. The Bertz CT molecular complexity index is 981. The number of hydrogen-bond donors (Lipinski definition) is 3. The average molecular weight is 421 g/mol. The number of anilines is 2. The molecule has 0 unspecified atom stereocenters. The predicted molar refractivity (Wildman–Crippen MR) is 121 cm³/mol. The molecule has 4 rings (SSSR count). The maximum atomic E-state index is 12.6. The lowest BCUT2D eigenvalue weighted by Gasteiger charge is -2.37. The van der Waals surface area contributed by atoms with E-state index in [1.165, 1.54) is 0 Å². The van der Waals surface area contributed by atoms with Crippen molar-refractivity contribution in [1.82, 2.24) is 10.6 Å². The van der Waals surface area contributed by atoms with Gasteiger partial charge in [0.05, 0.1) is 13.2 Å². The molecule has 2 aliphatic rings. The molecule has 0 spiro atoms. The Morgan fingerprint density at radius 3 is 2.58 bits per heavy atom. The number of ether oxygens (including phenoxy) is 1. The maximum Gasteiger partial charge on any atom is 0.257 e. The third kappa shape index (κ3) is 5.49. The molecule has 162 valence electrons. The zero-order chi connectivity index (χ0) is 21.7. The van der Waals surface area contributed by atoms with E-state index in [9.17, 15) is 9.59 Å². The third-order valence-electron chi connectivity index (χ3n) is 5.61. The zero-order valence-corrected chi connectivity index (χ0v) is 17.7. The quantitative estimate of drug-likeness (QED) is 0.596. The first-order chi connectivity index (χ1) is 15.0. The largest absolute Gasteiger partial charge is 0.380 e. The molecule has 0 saturated carbocycles. The summed E-state index contributed by atoms with van der Waals surface area (Å²) in [6.07, 6.45) is 2.34. The van der Waals surface area contributed by atoms with E-state index >= 15 is 0 Å². The minimum atomic E-state index is -0.196. The number of carbonyl (C=O) groups excluding carboxylic acids is 2. The molecule has 0 radical (unpaired) electrons. The van der Waals surface area contributed by atoms with E-state index in [1.807, 2.05) is 36.4 Å². The molecule has 7 heteroatoms. The van der Waals surface area contributed by atoms with Gasteiger partial charge in [0, 0.05) is 47.4 Å². The van der Waals surface area contributed by atoms with Crippen molar-refractivity contribution in [2.24, 2.45) is 10.4 Å². The summed E-state index contributed by atoms with van der Waals surface area (Å²) < 4.78 is 5.27. The summed E-state index contributed by atoms with van der Waals surface area (Å²) in [4.78, 5) is 29.2. The van der Waals surface area contributed by atoms with Gasteiger partial charge in [0.25, 0.3) is 5.91 Å². The van der Waals surface area contributed by atoms with Gasteiger partial charge in [0.1, 0.15) is 0 Å². The van der Waals surface area contributed by atoms with Crippen molar-refractivity contribution in [3.8, 4) is 0 Å². The molecule has 2 aromatic rings. The lowest BCUT2D eigenvalue weighted by Crippen LogP contribution is -2.43. The predicted octanol–water partition coefficient (Wildman–Crippen LogP) is 3.51. The topological polar surface area (TPSA) is 91.8 Å². The van der Waals surface area contributed by atoms with E-state index in [2.05, 4.69) is 27.9 Å². The van der Waals surface area contributed by atoms with Crippen LogP contribution in [0, 0.1) is 5.41 Å². The molecule has 0 bridgehead atoms. The summed E-state index contributed by atoms with van der Waals surface area (Å²) in [5.74, 6) is 0.472. The van der Waals surface area contributed by atoms with E-state index in [1.54, 1.807) is 12.1 Å². The van der Waals surface area contributed by atoms with Crippen LogP contribution in [0.1, 0.15) is 46.9 Å². The fourth-order valence-corrected chi connectivity index (χ4v) is 3.59. The molecule has 1 fully saturated rings. The Kier molecular flexibility index (Phi) is 6.32. The van der Waals surface area contributed by atoms with Crippen molar-refractivity contribution in [1.29, 1.82) is 0 Å². The molecule has 7 nitrogen and oxygen atoms in total. The minimum absolute atomic E-state index is 0.138. The normalized spacial score (nSPS) is 17.0. The molecule has 3 N–H and O–H groups in total. The number of carbonyl (C=O) groups is 2. The van der Waals surface area contributed by atoms with Crippen LogP contribution < -0.4 is 16.0 Å². The van der Waals surface area contributed by atoms with Crippen LogP contribution in [0.5, 0.6) is 0 Å². The van der Waals surface area contributed by atoms with E-state index in [4.69, 9.17) is 4.74 Å². The number of rotatable bonds is 7. The summed E-state index contributed by atoms with van der Waals surface area (Å²) in [7, 11) is 0. The number of nitrogens with zero attached hydrogens (tertiary/aromatic N) is 1. The van der Waals surface area contributed by atoms with Gasteiger partial charge >= 0.3 is 0 Å². The van der Waals surface area contributed by atoms with Crippen molar-refractivity contribution < 1.29 is 14.3 Å². The smallest absolute Gasteiger partial charge is 0.257 e. The first kappa shape index (κ1) is 21.1. The molecule has 1 amide bonds. The monoisotopic (exact) mass is 420 g/mol. The van der Waals surface area contributed by atoms with Crippen LogP contribution in [0.3, 0.4) is 0 Å². The molecule has 31 heavy (non-hydrogen) atoms. The molecule has 2 aromatic carbocycles. The Balaban J connectivity index is 1.34. The van der Waals surface area contributed by atoms with Gasteiger partial charge in [-0.2, -0.15) is 0 Å². The summed E-state index contributed by atoms with van der Waals surface area (Å²) in [5.41, 5.74) is 3.07. The van der Waals surface area contributed by atoms with Gasteiger partial charge in [0.2, 0.25) is 0 Å². The minimum Gasteiger partial charge on any atom is -0.380 e. The summed E-state index contributed by atoms with van der Waals surface area (Å²) in [6.45, 7) is 5.17. The van der Waals surface area contributed by atoms with Gasteiger partial charge in [-0.05, 0) is 49.2 Å². The number of guanidine groups is 1. The summed E-state index contributed by atoms with van der Waals surface area (Å²) in [6, 6.07) is 14.7. The highest BCUT2D eigenvalue weighted by molar-refractivity contribution is 6.06. The highest BCUT2D eigenvalue weighted by atomic mass is 16.5. The highest BCUT2D eigenvalue weighted by Gasteiger charge is 2.33. The fourth-order valence-electron chi connectivity index (χ4n) is 3.59. The Morgan fingerprint density at radius 1 is 1.10 bits per heavy atom. The lowest BCUT2D eigenvalue weighted by atomic mass is 9.82. The van der Waals surface area contributed by atoms with Gasteiger partial charge in [-0.25, -0.2) is 0 Å². The van der Waals surface area contributed by atoms with Crippen LogP contribution >= 0.6 is 0 Å². The molecular weight excluding hydrogens is 392 g/mol. The molecule has 2 heterocycles.